The summed E-state index contributed by atoms with van der Waals surface area (Å²) in [6.07, 6.45) is 7.89. The normalized spacial score (nSPS) is 15.2. The molecule has 3 aromatic rings. The lowest BCUT2D eigenvalue weighted by molar-refractivity contribution is -0.123. The van der Waals surface area contributed by atoms with Crippen molar-refractivity contribution in [3.8, 4) is 17.1 Å². The van der Waals surface area contributed by atoms with E-state index in [1.165, 1.54) is 0 Å². The van der Waals surface area contributed by atoms with Crippen LogP contribution in [0, 0.1) is 6.92 Å². The van der Waals surface area contributed by atoms with Crippen LogP contribution in [0.25, 0.3) is 17.1 Å². The van der Waals surface area contributed by atoms with E-state index in [0.29, 0.717) is 29.9 Å². The molecule has 0 aliphatic heterocycles. The molecule has 0 bridgehead atoms. The van der Waals surface area contributed by atoms with Crippen molar-refractivity contribution in [3.63, 3.8) is 0 Å². The highest BCUT2D eigenvalue weighted by molar-refractivity contribution is 5.98. The lowest BCUT2D eigenvalue weighted by Crippen LogP contribution is -2.55. The Bertz CT molecular complexity index is 1040. The molecule has 1 fully saturated rings. The number of pyridine rings is 2. The summed E-state index contributed by atoms with van der Waals surface area (Å²) in [5.41, 5.74) is 7.85. The molecule has 0 saturated heterocycles. The summed E-state index contributed by atoms with van der Waals surface area (Å²) in [4.78, 5) is 33.6. The molecular weight excluding hydrogens is 368 g/mol. The Kier molecular flexibility index (Phi) is 4.84. The molecule has 8 heteroatoms. The average molecular weight is 390 g/mol. The average Bonchev–Trinajstić information content (AvgIpc) is 3.37. The van der Waals surface area contributed by atoms with E-state index in [2.05, 4.69) is 20.4 Å². The molecule has 3 aromatic heterocycles. The lowest BCUT2D eigenvalue weighted by atomic mass is 9.96. The Labute approximate surface area is 168 Å². The van der Waals surface area contributed by atoms with Gasteiger partial charge in [-0.2, -0.15) is 5.10 Å². The lowest BCUT2D eigenvalue weighted by Gasteiger charge is -2.26. The zero-order valence-electron chi connectivity index (χ0n) is 16.1. The second kappa shape index (κ2) is 7.46. The van der Waals surface area contributed by atoms with Gasteiger partial charge in [-0.05, 0) is 49.6 Å². The van der Waals surface area contributed by atoms with Crippen molar-refractivity contribution in [3.05, 3.63) is 60.2 Å². The number of nitrogens with one attached hydrogen (secondary N) is 1. The number of aromatic nitrogens is 4. The maximum Gasteiger partial charge on any atom is 0.272 e. The highest BCUT2D eigenvalue weighted by Gasteiger charge is 2.41. The van der Waals surface area contributed by atoms with Gasteiger partial charge in [-0.25, -0.2) is 4.68 Å². The smallest absolute Gasteiger partial charge is 0.272 e. The quantitative estimate of drug-likeness (QED) is 0.693. The predicted molar refractivity (Wildman–Crippen MR) is 107 cm³/mol. The molecule has 4 rings (SSSR count). The van der Waals surface area contributed by atoms with Crippen LogP contribution in [0.4, 0.5) is 0 Å². The number of aryl methyl sites for hydroxylation is 1. The number of carbonyl (C=O) groups excluding carboxylic acids is 2. The SMILES string of the molecule is Cc1ccc(-c2cc(C(=O)NC3(C(N)=O)CCCC3)nn2-c2cccnc2)nc1. The molecular formula is C21H22N6O2. The third-order valence-electron chi connectivity index (χ3n) is 5.29. The summed E-state index contributed by atoms with van der Waals surface area (Å²) >= 11 is 0. The number of amides is 2. The van der Waals surface area contributed by atoms with Crippen LogP contribution < -0.4 is 11.1 Å². The van der Waals surface area contributed by atoms with Gasteiger partial charge in [0.1, 0.15) is 5.54 Å². The van der Waals surface area contributed by atoms with E-state index in [4.69, 9.17) is 5.73 Å². The Hall–Kier alpha value is -3.55. The Morgan fingerprint density at radius 1 is 1.17 bits per heavy atom. The summed E-state index contributed by atoms with van der Waals surface area (Å²) in [5.74, 6) is -0.933. The van der Waals surface area contributed by atoms with Gasteiger partial charge in [0.05, 0.1) is 23.3 Å². The van der Waals surface area contributed by atoms with Crippen molar-refractivity contribution in [1.82, 2.24) is 25.1 Å². The topological polar surface area (TPSA) is 116 Å². The van der Waals surface area contributed by atoms with Gasteiger partial charge >= 0.3 is 0 Å². The summed E-state index contributed by atoms with van der Waals surface area (Å²) in [5, 5.41) is 7.32. The maximum atomic E-state index is 13.0. The second-order valence-corrected chi connectivity index (χ2v) is 7.37. The first kappa shape index (κ1) is 18.8. The summed E-state index contributed by atoms with van der Waals surface area (Å²) in [7, 11) is 0. The number of rotatable bonds is 5. The predicted octanol–water partition coefficient (Wildman–Crippen LogP) is 2.17. The second-order valence-electron chi connectivity index (χ2n) is 7.37. The monoisotopic (exact) mass is 390 g/mol. The first-order valence-electron chi connectivity index (χ1n) is 9.54. The van der Waals surface area contributed by atoms with Gasteiger partial charge in [0, 0.05) is 12.4 Å². The molecule has 8 nitrogen and oxygen atoms in total. The number of primary amides is 1. The summed E-state index contributed by atoms with van der Waals surface area (Å²) < 4.78 is 1.63. The Morgan fingerprint density at radius 2 is 1.97 bits per heavy atom. The highest BCUT2D eigenvalue weighted by atomic mass is 16.2. The molecule has 1 aliphatic carbocycles. The van der Waals surface area contributed by atoms with Gasteiger partial charge in [-0.3, -0.25) is 19.6 Å². The number of hydrogen-bond acceptors (Lipinski definition) is 5. The molecule has 2 amide bonds. The van der Waals surface area contributed by atoms with Crippen molar-refractivity contribution in [2.75, 3.05) is 0 Å². The van der Waals surface area contributed by atoms with E-state index in [1.807, 2.05) is 25.1 Å². The first-order valence-corrected chi connectivity index (χ1v) is 9.54. The number of hydrogen-bond donors (Lipinski definition) is 2. The van der Waals surface area contributed by atoms with Crippen molar-refractivity contribution in [1.29, 1.82) is 0 Å². The molecule has 0 aromatic carbocycles. The van der Waals surface area contributed by atoms with Gasteiger partial charge in [-0.15, -0.1) is 0 Å². The van der Waals surface area contributed by atoms with Crippen LogP contribution in [-0.4, -0.2) is 37.1 Å². The number of nitrogens with zero attached hydrogens (tertiary/aromatic N) is 4. The molecule has 0 unspecified atom stereocenters. The van der Waals surface area contributed by atoms with Crippen LogP contribution in [0.5, 0.6) is 0 Å². The largest absolute Gasteiger partial charge is 0.368 e. The van der Waals surface area contributed by atoms with Gasteiger partial charge < -0.3 is 11.1 Å². The fourth-order valence-electron chi connectivity index (χ4n) is 3.66. The van der Waals surface area contributed by atoms with E-state index < -0.39 is 17.4 Å². The molecule has 0 radical (unpaired) electrons. The van der Waals surface area contributed by atoms with Gasteiger partial charge in [0.15, 0.2) is 5.69 Å². The minimum Gasteiger partial charge on any atom is -0.368 e. The molecule has 0 atom stereocenters. The van der Waals surface area contributed by atoms with E-state index in [-0.39, 0.29) is 5.69 Å². The zero-order chi connectivity index (χ0) is 20.4. The van der Waals surface area contributed by atoms with Gasteiger partial charge in [0.25, 0.3) is 5.91 Å². The van der Waals surface area contributed by atoms with E-state index in [0.717, 1.165) is 18.4 Å². The summed E-state index contributed by atoms with van der Waals surface area (Å²) in [6, 6.07) is 9.14. The van der Waals surface area contributed by atoms with Crippen LogP contribution in [0.15, 0.2) is 48.9 Å². The zero-order valence-corrected chi connectivity index (χ0v) is 16.1. The van der Waals surface area contributed by atoms with E-state index in [1.54, 1.807) is 35.4 Å². The molecule has 1 saturated carbocycles. The molecule has 3 N–H and O–H groups in total. The standard InChI is InChI=1S/C21H22N6O2/c1-14-6-7-16(24-12-14)18-11-17(26-27(18)15-5-4-10-23-13-15)19(28)25-21(20(22)29)8-2-3-9-21/h4-7,10-13H,2-3,8-9H2,1H3,(H2,22,29)(H,25,28). The van der Waals surface area contributed by atoms with Crippen LogP contribution in [0.1, 0.15) is 41.7 Å². The van der Waals surface area contributed by atoms with Gasteiger partial charge in [-0.1, -0.05) is 18.9 Å². The minimum atomic E-state index is -1.00. The van der Waals surface area contributed by atoms with Gasteiger partial charge in [0.2, 0.25) is 5.91 Å². The molecule has 3 heterocycles. The van der Waals surface area contributed by atoms with Crippen molar-refractivity contribution >= 4 is 11.8 Å². The third-order valence-corrected chi connectivity index (χ3v) is 5.29. The fourth-order valence-corrected chi connectivity index (χ4v) is 3.66. The van der Waals surface area contributed by atoms with E-state index in [9.17, 15) is 9.59 Å². The van der Waals surface area contributed by atoms with Crippen molar-refractivity contribution < 1.29 is 9.59 Å². The minimum absolute atomic E-state index is 0.193. The molecule has 1 aliphatic rings. The Balaban J connectivity index is 1.74. The van der Waals surface area contributed by atoms with Crippen LogP contribution in [0.3, 0.4) is 0 Å². The maximum absolute atomic E-state index is 13.0. The number of carbonyl (C=O) groups is 2. The van der Waals surface area contributed by atoms with E-state index >= 15 is 0 Å². The first-order chi connectivity index (χ1) is 14.0. The Morgan fingerprint density at radius 3 is 2.59 bits per heavy atom. The fraction of sp³-hybridized carbons (Fsp3) is 0.286. The van der Waals surface area contributed by atoms with Crippen LogP contribution >= 0.6 is 0 Å². The molecule has 148 valence electrons. The summed E-state index contributed by atoms with van der Waals surface area (Å²) in [6.45, 7) is 1.96. The molecule has 29 heavy (non-hydrogen) atoms. The van der Waals surface area contributed by atoms with Crippen molar-refractivity contribution in [2.24, 2.45) is 5.73 Å². The number of nitrogens with two attached hydrogens (primary N) is 1. The van der Waals surface area contributed by atoms with Crippen LogP contribution in [0.2, 0.25) is 0 Å². The third kappa shape index (κ3) is 3.61. The molecule has 0 spiro atoms. The highest BCUT2D eigenvalue weighted by Crippen LogP contribution is 2.30. The van der Waals surface area contributed by atoms with Crippen molar-refractivity contribution in [2.45, 2.75) is 38.1 Å². The van der Waals surface area contributed by atoms with Crippen LogP contribution in [-0.2, 0) is 4.79 Å².